The fraction of sp³-hybridized carbons (Fsp3) is 0.769. The van der Waals surface area contributed by atoms with Gasteiger partial charge >= 0.3 is 5.97 Å². The zero-order valence-corrected chi connectivity index (χ0v) is 11.6. The summed E-state index contributed by atoms with van der Waals surface area (Å²) in [6, 6.07) is 0. The van der Waals surface area contributed by atoms with Crippen LogP contribution in [0.5, 0.6) is 0 Å². The summed E-state index contributed by atoms with van der Waals surface area (Å²) in [7, 11) is 0. The summed E-state index contributed by atoms with van der Waals surface area (Å²) in [4.78, 5) is 36.1. The average Bonchev–Trinajstić information content (AvgIpc) is 2.28. The van der Waals surface area contributed by atoms with E-state index in [1.54, 1.807) is 0 Å². The van der Waals surface area contributed by atoms with E-state index in [-0.39, 0.29) is 12.5 Å². The number of hydrogen-bond acceptors (Lipinski definition) is 3. The van der Waals surface area contributed by atoms with Crippen molar-refractivity contribution in [3.63, 3.8) is 0 Å². The molecule has 0 radical (unpaired) electrons. The van der Waals surface area contributed by atoms with Crippen molar-refractivity contribution in [2.45, 2.75) is 51.5 Å². The van der Waals surface area contributed by atoms with Gasteiger partial charge in [-0.3, -0.25) is 9.59 Å². The standard InChI is InChI=1S/C13H22N2O4/c1-13(2,12(18)19)14-10(16)9-15-8-6-4-3-5-7-11(15)17/h3-9H2,1-2H3,(H,14,16)(H,18,19). The number of nitrogens with one attached hydrogen (secondary N) is 1. The van der Waals surface area contributed by atoms with Crippen LogP contribution in [-0.4, -0.2) is 46.4 Å². The molecule has 0 aliphatic carbocycles. The molecule has 1 aliphatic rings. The minimum atomic E-state index is -1.32. The fourth-order valence-electron chi connectivity index (χ4n) is 2.00. The number of hydrogen-bond donors (Lipinski definition) is 2. The molecule has 2 N–H and O–H groups in total. The molecule has 0 atom stereocenters. The smallest absolute Gasteiger partial charge is 0.328 e. The first kappa shape index (κ1) is 15.5. The summed E-state index contributed by atoms with van der Waals surface area (Å²) in [5.74, 6) is -1.55. The van der Waals surface area contributed by atoms with Crippen molar-refractivity contribution in [3.8, 4) is 0 Å². The van der Waals surface area contributed by atoms with Gasteiger partial charge in [-0.2, -0.15) is 0 Å². The van der Waals surface area contributed by atoms with Gasteiger partial charge in [0.2, 0.25) is 11.8 Å². The minimum absolute atomic E-state index is 0.0250. The van der Waals surface area contributed by atoms with Crippen molar-refractivity contribution in [2.24, 2.45) is 0 Å². The molecule has 0 unspecified atom stereocenters. The van der Waals surface area contributed by atoms with Crippen LogP contribution < -0.4 is 5.32 Å². The van der Waals surface area contributed by atoms with Gasteiger partial charge in [0.25, 0.3) is 0 Å². The number of aliphatic carboxylic acids is 1. The summed E-state index contributed by atoms with van der Waals surface area (Å²) in [6.45, 7) is 3.35. The molecule has 0 aromatic heterocycles. The van der Waals surface area contributed by atoms with Crippen molar-refractivity contribution >= 4 is 17.8 Å². The van der Waals surface area contributed by atoms with E-state index in [9.17, 15) is 14.4 Å². The molecular formula is C13H22N2O4. The Hall–Kier alpha value is -1.59. The van der Waals surface area contributed by atoms with Crippen LogP contribution in [0, 0.1) is 0 Å². The highest BCUT2D eigenvalue weighted by Crippen LogP contribution is 2.11. The molecule has 0 aromatic rings. The van der Waals surface area contributed by atoms with Gasteiger partial charge < -0.3 is 15.3 Å². The van der Waals surface area contributed by atoms with Crippen LogP contribution in [0.4, 0.5) is 0 Å². The highest BCUT2D eigenvalue weighted by atomic mass is 16.4. The largest absolute Gasteiger partial charge is 0.480 e. The lowest BCUT2D eigenvalue weighted by Crippen LogP contribution is -2.53. The molecule has 0 bridgehead atoms. The second kappa shape index (κ2) is 6.54. The molecule has 6 heteroatoms. The molecule has 1 heterocycles. The molecule has 1 rings (SSSR count). The molecule has 1 saturated heterocycles. The van der Waals surface area contributed by atoms with Crippen molar-refractivity contribution in [2.75, 3.05) is 13.1 Å². The molecule has 0 saturated carbocycles. The van der Waals surface area contributed by atoms with Gasteiger partial charge in [0.15, 0.2) is 0 Å². The summed E-state index contributed by atoms with van der Waals surface area (Å²) in [6.07, 6.45) is 4.33. The molecular weight excluding hydrogens is 248 g/mol. The van der Waals surface area contributed by atoms with Gasteiger partial charge in [-0.15, -0.1) is 0 Å². The van der Waals surface area contributed by atoms with Crippen LogP contribution in [0.3, 0.4) is 0 Å². The number of amides is 2. The lowest BCUT2D eigenvalue weighted by Gasteiger charge is -2.27. The lowest BCUT2D eigenvalue weighted by atomic mass is 10.1. The molecule has 0 spiro atoms. The highest BCUT2D eigenvalue weighted by molar-refractivity contribution is 5.89. The van der Waals surface area contributed by atoms with Gasteiger partial charge in [0, 0.05) is 13.0 Å². The first-order valence-corrected chi connectivity index (χ1v) is 6.65. The molecule has 2 amide bonds. The van der Waals surface area contributed by atoms with Gasteiger partial charge in [-0.05, 0) is 26.7 Å². The van der Waals surface area contributed by atoms with Gasteiger partial charge in [0.1, 0.15) is 5.54 Å². The molecule has 1 aliphatic heterocycles. The van der Waals surface area contributed by atoms with Gasteiger partial charge in [0.05, 0.1) is 6.54 Å². The monoisotopic (exact) mass is 270 g/mol. The van der Waals surface area contributed by atoms with Gasteiger partial charge in [-0.1, -0.05) is 12.8 Å². The quantitative estimate of drug-likeness (QED) is 0.789. The SMILES string of the molecule is CC(C)(NC(=O)CN1CCCCCCC1=O)C(=O)O. The Morgan fingerprint density at radius 2 is 1.89 bits per heavy atom. The van der Waals surface area contributed by atoms with Crippen LogP contribution in [-0.2, 0) is 14.4 Å². The topological polar surface area (TPSA) is 86.7 Å². The number of carboxylic acid groups (broad SMARTS) is 1. The summed E-state index contributed by atoms with van der Waals surface area (Å²) >= 11 is 0. The molecule has 108 valence electrons. The Kier molecular flexibility index (Phi) is 5.32. The molecule has 0 aromatic carbocycles. The van der Waals surface area contributed by atoms with Gasteiger partial charge in [-0.25, -0.2) is 4.79 Å². The van der Waals surface area contributed by atoms with E-state index in [2.05, 4.69) is 5.32 Å². The maximum atomic E-state index is 11.8. The zero-order valence-electron chi connectivity index (χ0n) is 11.6. The Morgan fingerprint density at radius 3 is 2.53 bits per heavy atom. The highest BCUT2D eigenvalue weighted by Gasteiger charge is 2.30. The van der Waals surface area contributed by atoms with E-state index in [1.807, 2.05) is 0 Å². The number of rotatable bonds is 4. The van der Waals surface area contributed by atoms with Crippen LogP contribution in [0.15, 0.2) is 0 Å². The number of carboxylic acids is 1. The van der Waals surface area contributed by atoms with E-state index in [4.69, 9.17) is 5.11 Å². The predicted octanol–water partition coefficient (Wildman–Crippen LogP) is 0.758. The van der Waals surface area contributed by atoms with Crippen molar-refractivity contribution in [1.82, 2.24) is 10.2 Å². The third-order valence-electron chi connectivity index (χ3n) is 3.24. The van der Waals surface area contributed by atoms with Crippen molar-refractivity contribution in [1.29, 1.82) is 0 Å². The Morgan fingerprint density at radius 1 is 1.26 bits per heavy atom. The van der Waals surface area contributed by atoms with E-state index >= 15 is 0 Å². The van der Waals surface area contributed by atoms with Crippen LogP contribution in [0.2, 0.25) is 0 Å². The number of carbonyl (C=O) groups excluding carboxylic acids is 2. The Balaban J connectivity index is 2.54. The van der Waals surface area contributed by atoms with Crippen molar-refractivity contribution in [3.05, 3.63) is 0 Å². The predicted molar refractivity (Wildman–Crippen MR) is 69.5 cm³/mol. The average molecular weight is 270 g/mol. The first-order valence-electron chi connectivity index (χ1n) is 6.65. The summed E-state index contributed by atoms with van der Waals surface area (Å²) < 4.78 is 0. The molecule has 6 nitrogen and oxygen atoms in total. The molecule has 19 heavy (non-hydrogen) atoms. The number of nitrogens with zero attached hydrogens (tertiary/aromatic N) is 1. The van der Waals surface area contributed by atoms with Crippen LogP contribution in [0.25, 0.3) is 0 Å². The molecule has 1 fully saturated rings. The summed E-state index contributed by atoms with van der Waals surface area (Å²) in [5, 5.41) is 11.4. The normalized spacial score (nSPS) is 17.6. The maximum Gasteiger partial charge on any atom is 0.328 e. The second-order valence-corrected chi connectivity index (χ2v) is 5.46. The fourth-order valence-corrected chi connectivity index (χ4v) is 2.00. The van der Waals surface area contributed by atoms with E-state index in [0.717, 1.165) is 25.7 Å². The number of likely N-dealkylation sites (tertiary alicyclic amines) is 1. The Bertz CT molecular complexity index is 366. The third-order valence-corrected chi connectivity index (χ3v) is 3.24. The van der Waals surface area contributed by atoms with E-state index in [0.29, 0.717) is 13.0 Å². The minimum Gasteiger partial charge on any atom is -0.480 e. The van der Waals surface area contributed by atoms with E-state index < -0.39 is 17.4 Å². The first-order chi connectivity index (χ1) is 8.83. The Labute approximate surface area is 113 Å². The summed E-state index contributed by atoms with van der Waals surface area (Å²) in [5.41, 5.74) is -1.32. The third kappa shape index (κ3) is 4.89. The van der Waals surface area contributed by atoms with Crippen molar-refractivity contribution < 1.29 is 19.5 Å². The maximum absolute atomic E-state index is 11.8. The number of carbonyl (C=O) groups is 3. The lowest BCUT2D eigenvalue weighted by molar-refractivity contribution is -0.146. The zero-order chi connectivity index (χ0) is 14.5. The van der Waals surface area contributed by atoms with Crippen LogP contribution >= 0.6 is 0 Å². The van der Waals surface area contributed by atoms with Crippen LogP contribution in [0.1, 0.15) is 46.0 Å². The van der Waals surface area contributed by atoms with E-state index in [1.165, 1.54) is 18.7 Å². The second-order valence-electron chi connectivity index (χ2n) is 5.46.